The van der Waals surface area contributed by atoms with Gasteiger partial charge >= 0.3 is 0 Å². The fourth-order valence-corrected chi connectivity index (χ4v) is 3.10. The summed E-state index contributed by atoms with van der Waals surface area (Å²) < 4.78 is 19.6. The van der Waals surface area contributed by atoms with Crippen molar-refractivity contribution in [1.82, 2.24) is 14.8 Å². The van der Waals surface area contributed by atoms with E-state index < -0.39 is 0 Å². The van der Waals surface area contributed by atoms with Crippen molar-refractivity contribution >= 4 is 5.91 Å². The van der Waals surface area contributed by atoms with E-state index in [1.165, 1.54) is 6.07 Å². The lowest BCUT2D eigenvalue weighted by molar-refractivity contribution is -0.132. The molecule has 1 fully saturated rings. The molecule has 1 aromatic rings. The quantitative estimate of drug-likeness (QED) is 0.804. The zero-order valence-electron chi connectivity index (χ0n) is 14.2. The molecule has 128 valence electrons. The first-order chi connectivity index (χ1) is 11.0. The van der Waals surface area contributed by atoms with E-state index in [2.05, 4.69) is 9.88 Å². The van der Waals surface area contributed by atoms with Crippen molar-refractivity contribution in [2.45, 2.75) is 37.8 Å². The Bertz CT molecular complexity index is 538. The first-order valence-electron chi connectivity index (χ1n) is 8.03. The Morgan fingerprint density at radius 2 is 2.30 bits per heavy atom. The van der Waals surface area contributed by atoms with Crippen molar-refractivity contribution < 1.29 is 13.9 Å². The Balaban J connectivity index is 1.99. The fraction of sp³-hybridized carbons (Fsp3) is 0.647. The van der Waals surface area contributed by atoms with Crippen LogP contribution >= 0.6 is 0 Å². The van der Waals surface area contributed by atoms with Gasteiger partial charge in [0.25, 0.3) is 0 Å². The summed E-state index contributed by atoms with van der Waals surface area (Å²) in [6.07, 6.45) is 4.65. The highest BCUT2D eigenvalue weighted by Crippen LogP contribution is 2.30. The largest absolute Gasteiger partial charge is 0.377 e. The summed E-state index contributed by atoms with van der Waals surface area (Å²) in [5.74, 6) is -0.168. The van der Waals surface area contributed by atoms with Gasteiger partial charge in [0.1, 0.15) is 5.82 Å². The Hall–Kier alpha value is -1.53. The van der Waals surface area contributed by atoms with Crippen LogP contribution in [-0.4, -0.2) is 60.6 Å². The van der Waals surface area contributed by atoms with E-state index in [0.29, 0.717) is 31.6 Å². The molecule has 23 heavy (non-hydrogen) atoms. The third-order valence-electron chi connectivity index (χ3n) is 4.55. The zero-order chi connectivity index (χ0) is 16.9. The molecule has 5 nitrogen and oxygen atoms in total. The number of likely N-dealkylation sites (tertiary alicyclic amines) is 1. The number of piperidine rings is 1. The molecule has 0 saturated carbocycles. The summed E-state index contributed by atoms with van der Waals surface area (Å²) in [5, 5.41) is 0. The smallest absolute Gasteiger partial charge is 0.222 e. The van der Waals surface area contributed by atoms with E-state index in [0.717, 1.165) is 19.4 Å². The number of halogens is 1. The molecule has 0 aromatic carbocycles. The molecule has 1 aromatic heterocycles. The number of pyridine rings is 1. The molecule has 2 heterocycles. The predicted molar refractivity (Wildman–Crippen MR) is 86.4 cm³/mol. The van der Waals surface area contributed by atoms with Crippen molar-refractivity contribution in [2.24, 2.45) is 0 Å². The van der Waals surface area contributed by atoms with E-state index in [-0.39, 0.29) is 17.3 Å². The molecule has 1 saturated heterocycles. The molecular formula is C17H26FN3O2. The van der Waals surface area contributed by atoms with Crippen LogP contribution in [0.25, 0.3) is 0 Å². The van der Waals surface area contributed by atoms with E-state index in [1.54, 1.807) is 38.4 Å². The second-order valence-electron chi connectivity index (χ2n) is 6.42. The third-order valence-corrected chi connectivity index (χ3v) is 4.55. The molecule has 1 amide bonds. The first kappa shape index (κ1) is 17.8. The maximum Gasteiger partial charge on any atom is 0.222 e. The van der Waals surface area contributed by atoms with Crippen LogP contribution in [0.15, 0.2) is 18.3 Å². The van der Waals surface area contributed by atoms with Crippen molar-refractivity contribution in [3.63, 3.8) is 0 Å². The number of nitrogens with zero attached hydrogens (tertiary/aromatic N) is 3. The zero-order valence-corrected chi connectivity index (χ0v) is 14.2. The number of rotatable bonds is 6. The third kappa shape index (κ3) is 4.72. The second-order valence-corrected chi connectivity index (χ2v) is 6.42. The lowest BCUT2D eigenvalue weighted by atomic mass is 9.87. The predicted octanol–water partition coefficient (Wildman–Crippen LogP) is 2.07. The molecule has 0 N–H and O–H groups in total. The molecule has 0 aliphatic carbocycles. The molecule has 1 unspecified atom stereocenters. The summed E-state index contributed by atoms with van der Waals surface area (Å²) in [4.78, 5) is 19.8. The molecule has 0 radical (unpaired) electrons. The van der Waals surface area contributed by atoms with Crippen LogP contribution in [0.3, 0.4) is 0 Å². The van der Waals surface area contributed by atoms with Crippen LogP contribution in [-0.2, 0) is 16.1 Å². The standard InChI is InChI=1S/C17H26FN3O2/c1-20(2)16(22)7-9-17(23-3)8-5-11-21(13-17)12-15-14(18)6-4-10-19-15/h4,6,10H,5,7-9,11-13H2,1-3H3. The highest BCUT2D eigenvalue weighted by Gasteiger charge is 2.36. The molecule has 0 bridgehead atoms. The molecule has 1 aliphatic rings. The average molecular weight is 323 g/mol. The molecule has 2 rings (SSSR count). The van der Waals surface area contributed by atoms with Crippen LogP contribution in [0.4, 0.5) is 4.39 Å². The lowest BCUT2D eigenvalue weighted by Crippen LogP contribution is -2.49. The minimum Gasteiger partial charge on any atom is -0.377 e. The van der Waals surface area contributed by atoms with E-state index >= 15 is 0 Å². The monoisotopic (exact) mass is 323 g/mol. The molecule has 1 atom stereocenters. The fourth-order valence-electron chi connectivity index (χ4n) is 3.10. The highest BCUT2D eigenvalue weighted by atomic mass is 19.1. The molecule has 6 heteroatoms. The number of hydrogen-bond donors (Lipinski definition) is 0. The lowest BCUT2D eigenvalue weighted by Gasteiger charge is -2.42. The second kappa shape index (κ2) is 7.84. The maximum absolute atomic E-state index is 13.8. The minimum atomic E-state index is -0.338. The van der Waals surface area contributed by atoms with Gasteiger partial charge in [-0.2, -0.15) is 0 Å². The van der Waals surface area contributed by atoms with Gasteiger partial charge in [-0.25, -0.2) is 4.39 Å². The van der Waals surface area contributed by atoms with E-state index in [9.17, 15) is 9.18 Å². The summed E-state index contributed by atoms with van der Waals surface area (Å²) in [5.41, 5.74) is 0.124. The first-order valence-corrected chi connectivity index (χ1v) is 8.03. The van der Waals surface area contributed by atoms with E-state index in [4.69, 9.17) is 4.74 Å². The van der Waals surface area contributed by atoms with Gasteiger partial charge in [-0.3, -0.25) is 14.7 Å². The van der Waals surface area contributed by atoms with Crippen molar-refractivity contribution in [3.8, 4) is 0 Å². The van der Waals surface area contributed by atoms with Crippen LogP contribution in [0, 0.1) is 5.82 Å². The van der Waals surface area contributed by atoms with Gasteiger partial charge in [-0.1, -0.05) is 0 Å². The number of hydrogen-bond acceptors (Lipinski definition) is 4. The average Bonchev–Trinajstić information content (AvgIpc) is 2.55. The molecule has 0 spiro atoms. The number of amides is 1. The summed E-state index contributed by atoms with van der Waals surface area (Å²) in [6.45, 7) is 2.06. The normalized spacial score (nSPS) is 22.1. The van der Waals surface area contributed by atoms with Crippen LogP contribution in [0.1, 0.15) is 31.4 Å². The van der Waals surface area contributed by atoms with Gasteiger partial charge in [0.2, 0.25) is 5.91 Å². The van der Waals surface area contributed by atoms with Crippen molar-refractivity contribution in [2.75, 3.05) is 34.3 Å². The Labute approximate surface area is 137 Å². The summed E-state index contributed by atoms with van der Waals surface area (Å²) in [7, 11) is 5.22. The SMILES string of the molecule is COC1(CCC(=O)N(C)C)CCCN(Cc2ncccc2F)C1. The van der Waals surface area contributed by atoms with Crippen LogP contribution < -0.4 is 0 Å². The van der Waals surface area contributed by atoms with Crippen molar-refractivity contribution in [1.29, 1.82) is 0 Å². The minimum absolute atomic E-state index is 0.106. The summed E-state index contributed by atoms with van der Waals surface area (Å²) >= 11 is 0. The Kier molecular flexibility index (Phi) is 6.07. The number of ether oxygens (including phenoxy) is 1. The number of aromatic nitrogens is 1. The van der Waals surface area contributed by atoms with Crippen LogP contribution in [0.2, 0.25) is 0 Å². The van der Waals surface area contributed by atoms with Gasteiger partial charge < -0.3 is 9.64 Å². The Morgan fingerprint density at radius 1 is 1.52 bits per heavy atom. The Morgan fingerprint density at radius 3 is 2.96 bits per heavy atom. The van der Waals surface area contributed by atoms with E-state index in [1.807, 2.05) is 0 Å². The maximum atomic E-state index is 13.8. The van der Waals surface area contributed by atoms with Gasteiger partial charge in [-0.15, -0.1) is 0 Å². The highest BCUT2D eigenvalue weighted by molar-refractivity contribution is 5.75. The summed E-state index contributed by atoms with van der Waals surface area (Å²) in [6, 6.07) is 3.03. The number of carbonyl (C=O) groups excluding carboxylic acids is 1. The molecular weight excluding hydrogens is 297 g/mol. The van der Waals surface area contributed by atoms with Crippen molar-refractivity contribution in [3.05, 3.63) is 29.8 Å². The van der Waals surface area contributed by atoms with Crippen LogP contribution in [0.5, 0.6) is 0 Å². The number of carbonyl (C=O) groups is 1. The van der Waals surface area contributed by atoms with Gasteiger partial charge in [-0.05, 0) is 37.9 Å². The number of methoxy groups -OCH3 is 1. The topological polar surface area (TPSA) is 45.7 Å². The van der Waals surface area contributed by atoms with Gasteiger partial charge in [0, 0.05) is 46.9 Å². The molecule has 1 aliphatic heterocycles. The van der Waals surface area contributed by atoms with Gasteiger partial charge in [0.05, 0.1) is 11.3 Å². The van der Waals surface area contributed by atoms with Gasteiger partial charge in [0.15, 0.2) is 0 Å².